The van der Waals surface area contributed by atoms with Crippen molar-refractivity contribution in [1.82, 2.24) is 0 Å². The summed E-state index contributed by atoms with van der Waals surface area (Å²) in [6.45, 7) is 4.32. The highest BCUT2D eigenvalue weighted by molar-refractivity contribution is 5.29. The van der Waals surface area contributed by atoms with Crippen LogP contribution in [0.4, 0.5) is 0 Å². The van der Waals surface area contributed by atoms with Crippen LogP contribution in [-0.4, -0.2) is 5.54 Å². The number of aryl methyl sites for hydroxylation is 3. The van der Waals surface area contributed by atoms with Crippen LogP contribution in [0.2, 0.25) is 0 Å². The van der Waals surface area contributed by atoms with Crippen molar-refractivity contribution < 1.29 is 0 Å². The molecule has 2 rings (SSSR count). The van der Waals surface area contributed by atoms with Crippen molar-refractivity contribution in [3.05, 3.63) is 34.9 Å². The van der Waals surface area contributed by atoms with E-state index in [-0.39, 0.29) is 5.54 Å². The largest absolute Gasteiger partial charge is 0.325 e. The molecule has 1 aromatic rings. The number of nitrogens with two attached hydrogens (primary N) is 1. The number of benzene rings is 1. The van der Waals surface area contributed by atoms with Crippen LogP contribution < -0.4 is 5.73 Å². The van der Waals surface area contributed by atoms with E-state index in [0.717, 1.165) is 12.8 Å². The Morgan fingerprint density at radius 1 is 1.14 bits per heavy atom. The van der Waals surface area contributed by atoms with E-state index in [2.05, 4.69) is 32.0 Å². The van der Waals surface area contributed by atoms with Crippen molar-refractivity contribution in [2.45, 2.75) is 45.1 Å². The maximum Gasteiger partial charge on any atom is 0.0158 e. The quantitative estimate of drug-likeness (QED) is 0.777. The molecule has 0 aromatic heterocycles. The fraction of sp³-hybridized carbons (Fsp3) is 0.538. The predicted octanol–water partition coefficient (Wildman–Crippen LogP) is 2.73. The first-order valence-electron chi connectivity index (χ1n) is 5.43. The Bertz CT molecular complexity index is 317. The molecule has 0 heterocycles. The molecule has 1 nitrogen and oxygen atoms in total. The summed E-state index contributed by atoms with van der Waals surface area (Å²) in [6.07, 6.45) is 4.73. The fourth-order valence-corrected chi connectivity index (χ4v) is 2.02. The normalized spacial score (nSPS) is 18.2. The Morgan fingerprint density at radius 3 is 2.21 bits per heavy atom. The molecule has 1 aliphatic rings. The summed E-state index contributed by atoms with van der Waals surface area (Å²) in [6, 6.07) is 6.77. The summed E-state index contributed by atoms with van der Waals surface area (Å²) in [5.74, 6) is 0. The maximum atomic E-state index is 6.07. The van der Waals surface area contributed by atoms with Crippen molar-refractivity contribution in [2.75, 3.05) is 0 Å². The molecule has 0 unspecified atom stereocenters. The molecule has 1 fully saturated rings. The smallest absolute Gasteiger partial charge is 0.0158 e. The van der Waals surface area contributed by atoms with Crippen LogP contribution in [0.5, 0.6) is 0 Å². The van der Waals surface area contributed by atoms with Crippen molar-refractivity contribution >= 4 is 0 Å². The molecular formula is C13H19N. The monoisotopic (exact) mass is 189 g/mol. The average molecular weight is 189 g/mol. The molecule has 1 heteroatoms. The zero-order valence-corrected chi connectivity index (χ0v) is 9.14. The van der Waals surface area contributed by atoms with Crippen LogP contribution in [-0.2, 0) is 6.42 Å². The Labute approximate surface area is 86.3 Å². The van der Waals surface area contributed by atoms with Crippen molar-refractivity contribution in [3.8, 4) is 0 Å². The SMILES string of the molecule is Cc1cc(C)cc(CCC2(N)CC2)c1. The summed E-state index contributed by atoms with van der Waals surface area (Å²) in [4.78, 5) is 0. The second-order valence-corrected chi connectivity index (χ2v) is 4.86. The predicted molar refractivity (Wildman–Crippen MR) is 60.4 cm³/mol. The van der Waals surface area contributed by atoms with E-state index < -0.39 is 0 Å². The first-order valence-corrected chi connectivity index (χ1v) is 5.43. The van der Waals surface area contributed by atoms with Crippen LogP contribution in [0.1, 0.15) is 36.0 Å². The summed E-state index contributed by atoms with van der Waals surface area (Å²) in [5.41, 5.74) is 10.4. The minimum absolute atomic E-state index is 0.192. The molecule has 0 atom stereocenters. The highest BCUT2D eigenvalue weighted by Crippen LogP contribution is 2.36. The van der Waals surface area contributed by atoms with E-state index in [1.807, 2.05) is 0 Å². The maximum absolute atomic E-state index is 6.07. The standard InChI is InChI=1S/C13H19N/c1-10-7-11(2)9-12(8-10)3-4-13(14)5-6-13/h7-9H,3-6,14H2,1-2H3. The summed E-state index contributed by atoms with van der Waals surface area (Å²) >= 11 is 0. The molecule has 14 heavy (non-hydrogen) atoms. The minimum atomic E-state index is 0.192. The van der Waals surface area contributed by atoms with Gasteiger partial charge in [-0.15, -0.1) is 0 Å². The van der Waals surface area contributed by atoms with Gasteiger partial charge in [0.05, 0.1) is 0 Å². The van der Waals surface area contributed by atoms with Gasteiger partial charge >= 0.3 is 0 Å². The summed E-state index contributed by atoms with van der Waals surface area (Å²) < 4.78 is 0. The zero-order valence-electron chi connectivity index (χ0n) is 9.14. The van der Waals surface area contributed by atoms with Gasteiger partial charge in [0.25, 0.3) is 0 Å². The van der Waals surface area contributed by atoms with Crippen LogP contribution in [0.3, 0.4) is 0 Å². The van der Waals surface area contributed by atoms with E-state index in [0.29, 0.717) is 0 Å². The molecule has 1 aliphatic carbocycles. The Morgan fingerprint density at radius 2 is 1.71 bits per heavy atom. The highest BCUT2D eigenvalue weighted by Gasteiger charge is 2.37. The average Bonchev–Trinajstić information content (AvgIpc) is 2.80. The molecule has 2 N–H and O–H groups in total. The third-order valence-electron chi connectivity index (χ3n) is 3.09. The van der Waals surface area contributed by atoms with Gasteiger partial charge in [0, 0.05) is 5.54 Å². The van der Waals surface area contributed by atoms with Gasteiger partial charge in [-0.25, -0.2) is 0 Å². The zero-order chi connectivity index (χ0) is 10.2. The molecule has 0 amide bonds. The molecule has 0 aliphatic heterocycles. The van der Waals surface area contributed by atoms with Crippen molar-refractivity contribution in [3.63, 3.8) is 0 Å². The second-order valence-electron chi connectivity index (χ2n) is 4.86. The van der Waals surface area contributed by atoms with E-state index in [4.69, 9.17) is 5.73 Å². The van der Waals surface area contributed by atoms with Crippen LogP contribution in [0, 0.1) is 13.8 Å². The van der Waals surface area contributed by atoms with E-state index >= 15 is 0 Å². The van der Waals surface area contributed by atoms with Crippen molar-refractivity contribution in [2.24, 2.45) is 5.73 Å². The van der Waals surface area contributed by atoms with E-state index in [1.165, 1.54) is 29.5 Å². The van der Waals surface area contributed by atoms with Gasteiger partial charge < -0.3 is 5.73 Å². The number of hydrogen-bond donors (Lipinski definition) is 1. The Kier molecular flexibility index (Phi) is 2.36. The lowest BCUT2D eigenvalue weighted by Crippen LogP contribution is -2.22. The number of hydrogen-bond acceptors (Lipinski definition) is 1. The lowest BCUT2D eigenvalue weighted by molar-refractivity contribution is 0.609. The van der Waals surface area contributed by atoms with Gasteiger partial charge in [0.15, 0.2) is 0 Å². The van der Waals surface area contributed by atoms with Gasteiger partial charge in [-0.1, -0.05) is 29.3 Å². The van der Waals surface area contributed by atoms with Crippen LogP contribution in [0.25, 0.3) is 0 Å². The topological polar surface area (TPSA) is 26.0 Å². The summed E-state index contributed by atoms with van der Waals surface area (Å²) in [5, 5.41) is 0. The lowest BCUT2D eigenvalue weighted by Gasteiger charge is -2.09. The molecule has 0 bridgehead atoms. The molecule has 1 aromatic carbocycles. The van der Waals surface area contributed by atoms with Gasteiger partial charge in [-0.05, 0) is 45.1 Å². The molecule has 76 valence electrons. The molecule has 0 spiro atoms. The second kappa shape index (κ2) is 3.39. The first kappa shape index (κ1) is 9.72. The molecule has 1 saturated carbocycles. The van der Waals surface area contributed by atoms with E-state index in [9.17, 15) is 0 Å². The van der Waals surface area contributed by atoms with Gasteiger partial charge in [0.1, 0.15) is 0 Å². The minimum Gasteiger partial charge on any atom is -0.325 e. The fourth-order valence-electron chi connectivity index (χ4n) is 2.02. The third kappa shape index (κ3) is 2.36. The molecule has 0 radical (unpaired) electrons. The van der Waals surface area contributed by atoms with Crippen LogP contribution >= 0.6 is 0 Å². The third-order valence-corrected chi connectivity index (χ3v) is 3.09. The molecular weight excluding hydrogens is 170 g/mol. The van der Waals surface area contributed by atoms with Gasteiger partial charge in [-0.3, -0.25) is 0 Å². The van der Waals surface area contributed by atoms with Crippen molar-refractivity contribution in [1.29, 1.82) is 0 Å². The van der Waals surface area contributed by atoms with E-state index in [1.54, 1.807) is 0 Å². The van der Waals surface area contributed by atoms with Gasteiger partial charge in [0.2, 0.25) is 0 Å². The summed E-state index contributed by atoms with van der Waals surface area (Å²) in [7, 11) is 0. The Balaban J connectivity index is 2.01. The number of rotatable bonds is 3. The molecule has 0 saturated heterocycles. The van der Waals surface area contributed by atoms with Gasteiger partial charge in [-0.2, -0.15) is 0 Å². The Hall–Kier alpha value is -0.820. The van der Waals surface area contributed by atoms with Crippen LogP contribution in [0.15, 0.2) is 18.2 Å². The highest BCUT2D eigenvalue weighted by atomic mass is 14.8. The first-order chi connectivity index (χ1) is 6.57. The lowest BCUT2D eigenvalue weighted by atomic mass is 10.0.